The van der Waals surface area contributed by atoms with Crippen molar-refractivity contribution in [3.8, 4) is 0 Å². The van der Waals surface area contributed by atoms with Crippen LogP contribution in [0.3, 0.4) is 0 Å². The average Bonchev–Trinajstić information content (AvgIpc) is 3.12. The summed E-state index contributed by atoms with van der Waals surface area (Å²) in [7, 11) is 0. The molecule has 24 N–H and O–H groups in total. The summed E-state index contributed by atoms with van der Waals surface area (Å²) in [6.45, 7) is 0. The maximum atomic E-state index is 10.2. The second kappa shape index (κ2) is 44.2. The van der Waals surface area contributed by atoms with Crippen molar-refractivity contribution >= 4 is 59.7 Å². The Morgan fingerprint density at radius 2 is 0.385 bits per heavy atom. The third kappa shape index (κ3) is 40.0. The van der Waals surface area contributed by atoms with Gasteiger partial charge < -0.3 is 112 Å². The topological polar surface area (TPSA) is 717 Å². The smallest absolute Gasteiger partial charge is 0.543 e. The molecule has 0 spiro atoms. The number of guanidine groups is 2. The molecule has 0 atom stereocenters. The van der Waals surface area contributed by atoms with E-state index in [-0.39, 0.29) is 95.1 Å². The molecule has 0 bridgehead atoms. The van der Waals surface area contributed by atoms with Gasteiger partial charge in [0.15, 0.2) is 0 Å². The Morgan fingerprint density at radius 3 is 0.446 bits per heavy atom. The first-order valence-corrected chi connectivity index (χ1v) is 13.8. The maximum absolute atomic E-state index is 10.2. The van der Waals surface area contributed by atoms with E-state index in [2.05, 4.69) is 53.7 Å². The third-order valence-corrected chi connectivity index (χ3v) is 4.67. The maximum Gasteiger partial charge on any atom is 2.00 e. The quantitative estimate of drug-likeness (QED) is 0.0705. The molecule has 0 amide bonds. The fraction of sp³-hybridized carbons (Fsp3) is 0. The van der Waals surface area contributed by atoms with Gasteiger partial charge in [0.25, 0.3) is 0 Å². The van der Waals surface area contributed by atoms with Gasteiger partial charge in [0.2, 0.25) is 0 Å². The molecule has 0 unspecified atom stereocenters. The third-order valence-electron chi connectivity index (χ3n) is 4.67. The molecule has 4 heterocycles. The number of carbonyl (C=O) groups is 8. The molecule has 0 saturated heterocycles. The Kier molecular flexibility index (Phi) is 57.6. The predicted octanol–water partition coefficient (Wildman–Crippen LogP) is -19.7. The summed E-state index contributed by atoms with van der Waals surface area (Å²) in [4.78, 5) is 94.5. The molecule has 0 aliphatic rings. The van der Waals surface area contributed by atoms with Gasteiger partial charge in [0, 0.05) is 0 Å². The number of carboxylic acids is 8. The molecule has 365 valence electrons. The van der Waals surface area contributed by atoms with Gasteiger partial charge in [-0.05, 0) is 48.5 Å². The molecular weight excluding hydrogens is 1030 g/mol. The summed E-state index contributed by atoms with van der Waals surface area (Å²) in [5, 5.41) is 90.7. The molecular formula is C30H36Co3N10O22. The number of carbonyl (C=O) groups excluding carboxylic acids is 8. The minimum absolute atomic E-state index is 0. The molecule has 65 heavy (non-hydrogen) atoms. The molecule has 0 aromatic carbocycles. The zero-order valence-corrected chi connectivity index (χ0v) is 34.8. The van der Waals surface area contributed by atoms with Crippen LogP contribution in [0.25, 0.3) is 0 Å². The number of nitrogens with zero attached hydrogens (tertiary/aromatic N) is 4. The van der Waals surface area contributed by atoms with Crippen LogP contribution in [0.5, 0.6) is 0 Å². The van der Waals surface area contributed by atoms with Crippen LogP contribution < -0.4 is 74.6 Å². The number of pyridine rings is 4. The molecule has 32 nitrogen and oxygen atoms in total. The van der Waals surface area contributed by atoms with Crippen molar-refractivity contribution in [3.05, 3.63) is 118 Å². The Labute approximate surface area is 392 Å². The van der Waals surface area contributed by atoms with E-state index in [4.69, 9.17) is 0 Å². The molecule has 0 aliphatic carbocycles. The monoisotopic (exact) mass is 1070 g/mol. The molecule has 4 aromatic rings. The fourth-order valence-corrected chi connectivity index (χ4v) is 2.65. The van der Waals surface area contributed by atoms with E-state index in [9.17, 15) is 79.2 Å². The number of rotatable bonds is 8. The van der Waals surface area contributed by atoms with Crippen LogP contribution >= 0.6 is 0 Å². The Morgan fingerprint density at radius 1 is 0.308 bits per heavy atom. The zero-order chi connectivity index (χ0) is 43.7. The number of nitrogens with two attached hydrogens (primary N) is 6. The Balaban J connectivity index is -0.0000000602. The van der Waals surface area contributed by atoms with Crippen LogP contribution in [0.15, 0.2) is 72.8 Å². The van der Waals surface area contributed by atoms with Crippen molar-refractivity contribution < 1.29 is 173 Å². The van der Waals surface area contributed by atoms with Crippen LogP contribution in [0.1, 0.15) is 83.9 Å². The molecule has 4 aromatic heterocycles. The van der Waals surface area contributed by atoms with Gasteiger partial charge in [-0.1, -0.05) is 24.3 Å². The van der Waals surface area contributed by atoms with E-state index in [1.165, 1.54) is 24.3 Å². The number of aromatic carboxylic acids is 8. The van der Waals surface area contributed by atoms with E-state index in [0.29, 0.717) is 0 Å². The minimum Gasteiger partial charge on any atom is -0.543 e. The number of aromatic nitrogens is 4. The summed E-state index contributed by atoms with van der Waals surface area (Å²) in [6, 6.07) is 14.1. The zero-order valence-electron chi connectivity index (χ0n) is 31.7. The average molecular weight is 1070 g/mol. The minimum atomic E-state index is -1.52. The first-order valence-electron chi connectivity index (χ1n) is 13.8. The molecule has 4 rings (SSSR count). The van der Waals surface area contributed by atoms with E-state index in [1.54, 1.807) is 0 Å². The van der Waals surface area contributed by atoms with E-state index in [1.807, 2.05) is 0 Å². The van der Waals surface area contributed by atoms with Crippen LogP contribution in [0.2, 0.25) is 0 Å². The number of hydrogen-bond donors (Lipinski definition) is 6. The summed E-state index contributed by atoms with van der Waals surface area (Å²) in [5.41, 5.74) is 15.0. The SMILES string of the molecule is NC(N)=[NH2+].NC(N)=[NH2+].O.O.O.O.O.O.O=C([O-])c1cccc(C(=O)[O-])n1.O=C([O-])c1cccc(C(=O)[O-])n1.O=C([O-])c1cccc(C(=O)[O-])n1.O=C([O-])c1cccc(C(=O)[O-])n1.[Co+2].[Co+2].[Co+2]. The van der Waals surface area contributed by atoms with Gasteiger partial charge in [-0.25, -0.2) is 19.9 Å². The van der Waals surface area contributed by atoms with Gasteiger partial charge in [-0.3, -0.25) is 33.8 Å². The van der Waals surface area contributed by atoms with Gasteiger partial charge in [-0.2, -0.15) is 0 Å². The van der Waals surface area contributed by atoms with E-state index < -0.39 is 93.3 Å². The first kappa shape index (κ1) is 84.6. The van der Waals surface area contributed by atoms with Crippen molar-refractivity contribution in [2.45, 2.75) is 0 Å². The molecule has 3 radical (unpaired) electrons. The van der Waals surface area contributed by atoms with Crippen LogP contribution in [-0.2, 0) is 50.3 Å². The van der Waals surface area contributed by atoms with Gasteiger partial charge in [-0.15, -0.1) is 0 Å². The standard InChI is InChI=1S/4C7H5NO4.2CH5N3.3Co.6H2O/c4*9-6(10)4-2-1-3-5(8-4)7(11)12;2*2-1(3)4;;;;;;;;;/h4*1-3H,(H,9,10)(H,11,12);2*(H5,2,3,4);;;;6*1H2/q;;;;;;3*+2;;;;;;/p-6. The van der Waals surface area contributed by atoms with Crippen molar-refractivity contribution in [3.63, 3.8) is 0 Å². The normalized spacial score (nSPS) is 7.63. The molecule has 0 aliphatic heterocycles. The molecule has 35 heteroatoms. The van der Waals surface area contributed by atoms with Crippen LogP contribution in [-0.4, -0.2) is 112 Å². The second-order valence-electron chi connectivity index (χ2n) is 8.93. The Bertz CT molecular complexity index is 1710. The summed E-state index contributed by atoms with van der Waals surface area (Å²) in [5.74, 6) is -12.3. The van der Waals surface area contributed by atoms with Crippen molar-refractivity contribution in [1.29, 1.82) is 0 Å². The summed E-state index contributed by atoms with van der Waals surface area (Å²) < 4.78 is 0. The van der Waals surface area contributed by atoms with Crippen molar-refractivity contribution in [1.82, 2.24) is 19.9 Å². The fourth-order valence-electron chi connectivity index (χ4n) is 2.65. The number of carboxylic acid groups (broad SMARTS) is 8. The second-order valence-corrected chi connectivity index (χ2v) is 8.93. The summed E-state index contributed by atoms with van der Waals surface area (Å²) >= 11 is 0. The number of hydrogen-bond acceptors (Lipinski definition) is 20. The van der Waals surface area contributed by atoms with Crippen LogP contribution in [0, 0.1) is 0 Å². The Hall–Kier alpha value is -7.82. The largest absolute Gasteiger partial charge is 2.00 e. The van der Waals surface area contributed by atoms with Crippen molar-refractivity contribution in [2.75, 3.05) is 0 Å². The van der Waals surface area contributed by atoms with Crippen LogP contribution in [0.4, 0.5) is 0 Å². The van der Waals surface area contributed by atoms with E-state index >= 15 is 0 Å². The summed E-state index contributed by atoms with van der Waals surface area (Å²) in [6.07, 6.45) is 0. The first-order chi connectivity index (χ1) is 25.9. The molecule has 0 saturated carbocycles. The van der Waals surface area contributed by atoms with Gasteiger partial charge >= 0.3 is 62.3 Å². The van der Waals surface area contributed by atoms with Crippen molar-refractivity contribution in [2.24, 2.45) is 22.9 Å². The van der Waals surface area contributed by atoms with Gasteiger partial charge in [0.1, 0.15) is 0 Å². The predicted molar refractivity (Wildman–Crippen MR) is 184 cm³/mol. The van der Waals surface area contributed by atoms with Gasteiger partial charge in [0.05, 0.1) is 93.3 Å². The molecule has 0 fully saturated rings. The van der Waals surface area contributed by atoms with E-state index in [0.717, 1.165) is 48.5 Å².